The van der Waals surface area contributed by atoms with Crippen LogP contribution >= 0.6 is 15.9 Å². The van der Waals surface area contributed by atoms with E-state index in [2.05, 4.69) is 21.0 Å². The Morgan fingerprint density at radius 1 is 1.27 bits per heavy atom. The number of hydrogen-bond acceptors (Lipinski definition) is 2. The summed E-state index contributed by atoms with van der Waals surface area (Å²) in [5.74, 6) is 0.858. The van der Waals surface area contributed by atoms with Crippen molar-refractivity contribution >= 4 is 15.9 Å². The average Bonchev–Trinajstić information content (AvgIpc) is 2.59. The summed E-state index contributed by atoms with van der Waals surface area (Å²) in [4.78, 5) is 0. The van der Waals surface area contributed by atoms with Crippen LogP contribution in [0, 0.1) is 0 Å². The molecule has 15 heavy (non-hydrogen) atoms. The van der Waals surface area contributed by atoms with Gasteiger partial charge in [0.2, 0.25) is 0 Å². The lowest BCUT2D eigenvalue weighted by Crippen LogP contribution is -1.93. The molecule has 0 fully saturated rings. The lowest BCUT2D eigenvalue weighted by Gasteiger charge is -2.04. The van der Waals surface area contributed by atoms with Crippen LogP contribution in [0.5, 0.6) is 5.75 Å². The molecule has 0 saturated heterocycles. The smallest absolute Gasteiger partial charge is 0.118 e. The molecule has 0 atom stereocenters. The van der Waals surface area contributed by atoms with Crippen LogP contribution in [0.1, 0.15) is 0 Å². The summed E-state index contributed by atoms with van der Waals surface area (Å²) < 4.78 is 7.95. The minimum Gasteiger partial charge on any atom is -0.497 e. The highest BCUT2D eigenvalue weighted by Gasteiger charge is 2.08. The van der Waals surface area contributed by atoms with Gasteiger partial charge in [-0.05, 0) is 40.2 Å². The standard InChI is InChI=1S/C11H11BrN2O/c1-14-11(10(12)7-13-14)8-3-5-9(15-2)6-4-8/h3-7H,1-2H3. The molecule has 0 bridgehead atoms. The first-order valence-corrected chi connectivity index (χ1v) is 5.33. The van der Waals surface area contributed by atoms with E-state index in [1.807, 2.05) is 36.0 Å². The average molecular weight is 267 g/mol. The molecule has 1 aromatic carbocycles. The maximum Gasteiger partial charge on any atom is 0.118 e. The summed E-state index contributed by atoms with van der Waals surface area (Å²) in [5, 5.41) is 4.17. The number of nitrogens with zero attached hydrogens (tertiary/aromatic N) is 2. The molecule has 0 radical (unpaired) electrons. The summed E-state index contributed by atoms with van der Waals surface area (Å²) in [6.07, 6.45) is 1.79. The Morgan fingerprint density at radius 2 is 1.93 bits per heavy atom. The van der Waals surface area contributed by atoms with E-state index < -0.39 is 0 Å². The van der Waals surface area contributed by atoms with Gasteiger partial charge in [0.25, 0.3) is 0 Å². The van der Waals surface area contributed by atoms with Crippen molar-refractivity contribution in [2.75, 3.05) is 7.11 Å². The summed E-state index contributed by atoms with van der Waals surface area (Å²) >= 11 is 3.47. The molecule has 1 heterocycles. The molecule has 0 N–H and O–H groups in total. The molecule has 0 saturated carbocycles. The SMILES string of the molecule is COc1ccc(-c2c(Br)cnn2C)cc1. The van der Waals surface area contributed by atoms with E-state index in [0.717, 1.165) is 21.5 Å². The van der Waals surface area contributed by atoms with Crippen LogP contribution in [0.4, 0.5) is 0 Å². The van der Waals surface area contributed by atoms with Crippen LogP contribution in [0.3, 0.4) is 0 Å². The lowest BCUT2D eigenvalue weighted by atomic mass is 10.1. The molecule has 0 aliphatic rings. The molecule has 1 aromatic heterocycles. The summed E-state index contributed by atoms with van der Waals surface area (Å²) in [6, 6.07) is 7.91. The topological polar surface area (TPSA) is 27.1 Å². The first kappa shape index (κ1) is 10.2. The van der Waals surface area contributed by atoms with E-state index in [1.165, 1.54) is 0 Å². The van der Waals surface area contributed by atoms with Gasteiger partial charge in [-0.2, -0.15) is 5.10 Å². The Bertz CT molecular complexity index is 442. The Kier molecular flexibility index (Phi) is 2.77. The van der Waals surface area contributed by atoms with Gasteiger partial charge in [0.1, 0.15) is 5.75 Å². The van der Waals surface area contributed by atoms with Crippen LogP contribution in [0.15, 0.2) is 34.9 Å². The molecule has 4 heteroatoms. The first-order chi connectivity index (χ1) is 7.22. The zero-order valence-corrected chi connectivity index (χ0v) is 10.2. The number of aryl methyl sites for hydroxylation is 1. The fourth-order valence-corrected chi connectivity index (χ4v) is 2.06. The van der Waals surface area contributed by atoms with Crippen molar-refractivity contribution in [1.82, 2.24) is 9.78 Å². The first-order valence-electron chi connectivity index (χ1n) is 4.54. The molecule has 0 aliphatic carbocycles. The van der Waals surface area contributed by atoms with E-state index in [1.54, 1.807) is 13.3 Å². The number of hydrogen-bond donors (Lipinski definition) is 0. The third-order valence-electron chi connectivity index (χ3n) is 2.26. The summed E-state index contributed by atoms with van der Waals surface area (Å²) in [6.45, 7) is 0. The second-order valence-electron chi connectivity index (χ2n) is 3.19. The second-order valence-corrected chi connectivity index (χ2v) is 4.05. The summed E-state index contributed by atoms with van der Waals surface area (Å²) in [5.41, 5.74) is 2.18. The van der Waals surface area contributed by atoms with E-state index in [0.29, 0.717) is 0 Å². The normalized spacial score (nSPS) is 10.3. The number of ether oxygens (including phenoxy) is 1. The van der Waals surface area contributed by atoms with Gasteiger partial charge < -0.3 is 4.74 Å². The van der Waals surface area contributed by atoms with Crippen LogP contribution in [0.25, 0.3) is 11.3 Å². The molecular formula is C11H11BrN2O. The van der Waals surface area contributed by atoms with E-state index in [-0.39, 0.29) is 0 Å². The molecule has 0 amide bonds. The fraction of sp³-hybridized carbons (Fsp3) is 0.182. The third-order valence-corrected chi connectivity index (χ3v) is 2.84. The molecule has 2 rings (SSSR count). The van der Waals surface area contributed by atoms with Gasteiger partial charge in [-0.15, -0.1) is 0 Å². The Balaban J connectivity index is 2.45. The van der Waals surface area contributed by atoms with E-state index in [9.17, 15) is 0 Å². The van der Waals surface area contributed by atoms with E-state index >= 15 is 0 Å². The summed E-state index contributed by atoms with van der Waals surface area (Å²) in [7, 11) is 3.58. The number of rotatable bonds is 2. The van der Waals surface area contributed by atoms with Gasteiger partial charge in [0.05, 0.1) is 23.5 Å². The Hall–Kier alpha value is -1.29. The van der Waals surface area contributed by atoms with Crippen molar-refractivity contribution in [3.05, 3.63) is 34.9 Å². The van der Waals surface area contributed by atoms with Crippen molar-refractivity contribution < 1.29 is 4.74 Å². The van der Waals surface area contributed by atoms with Crippen LogP contribution in [-0.4, -0.2) is 16.9 Å². The van der Waals surface area contributed by atoms with Gasteiger partial charge in [-0.1, -0.05) is 0 Å². The quantitative estimate of drug-likeness (QED) is 0.836. The molecule has 0 unspecified atom stereocenters. The third kappa shape index (κ3) is 1.90. The van der Waals surface area contributed by atoms with Crippen molar-refractivity contribution in [2.45, 2.75) is 0 Å². The zero-order valence-electron chi connectivity index (χ0n) is 8.57. The van der Waals surface area contributed by atoms with Crippen molar-refractivity contribution in [3.8, 4) is 17.0 Å². The number of methoxy groups -OCH3 is 1. The maximum absolute atomic E-state index is 5.11. The molecular weight excluding hydrogens is 256 g/mol. The number of halogens is 1. The Labute approximate surface area is 96.8 Å². The van der Waals surface area contributed by atoms with Gasteiger partial charge >= 0.3 is 0 Å². The van der Waals surface area contributed by atoms with Crippen molar-refractivity contribution in [1.29, 1.82) is 0 Å². The molecule has 0 spiro atoms. The lowest BCUT2D eigenvalue weighted by molar-refractivity contribution is 0.415. The maximum atomic E-state index is 5.11. The van der Waals surface area contributed by atoms with Crippen LogP contribution < -0.4 is 4.74 Å². The highest BCUT2D eigenvalue weighted by Crippen LogP contribution is 2.28. The van der Waals surface area contributed by atoms with Crippen LogP contribution in [0.2, 0.25) is 0 Å². The predicted molar refractivity (Wildman–Crippen MR) is 62.9 cm³/mol. The van der Waals surface area contributed by atoms with Gasteiger partial charge in [-0.3, -0.25) is 4.68 Å². The molecule has 0 aliphatic heterocycles. The number of benzene rings is 1. The minimum atomic E-state index is 0.858. The highest BCUT2D eigenvalue weighted by atomic mass is 79.9. The fourth-order valence-electron chi connectivity index (χ4n) is 1.48. The minimum absolute atomic E-state index is 0.858. The molecule has 78 valence electrons. The van der Waals surface area contributed by atoms with Gasteiger partial charge in [0.15, 0.2) is 0 Å². The van der Waals surface area contributed by atoms with Gasteiger partial charge in [0, 0.05) is 12.6 Å². The zero-order chi connectivity index (χ0) is 10.8. The Morgan fingerprint density at radius 3 is 2.40 bits per heavy atom. The van der Waals surface area contributed by atoms with Crippen molar-refractivity contribution in [2.24, 2.45) is 7.05 Å². The second kappa shape index (κ2) is 4.06. The monoisotopic (exact) mass is 266 g/mol. The van der Waals surface area contributed by atoms with Crippen molar-refractivity contribution in [3.63, 3.8) is 0 Å². The molecule has 3 nitrogen and oxygen atoms in total. The van der Waals surface area contributed by atoms with Gasteiger partial charge in [-0.25, -0.2) is 0 Å². The van der Waals surface area contributed by atoms with E-state index in [4.69, 9.17) is 4.74 Å². The highest BCUT2D eigenvalue weighted by molar-refractivity contribution is 9.10. The van der Waals surface area contributed by atoms with Crippen LogP contribution in [-0.2, 0) is 7.05 Å². The number of aromatic nitrogens is 2. The molecule has 2 aromatic rings. The predicted octanol–water partition coefficient (Wildman–Crippen LogP) is 2.86. The largest absolute Gasteiger partial charge is 0.497 e.